The predicted molar refractivity (Wildman–Crippen MR) is 73.0 cm³/mol. The molecule has 1 aromatic heterocycles. The van der Waals surface area contributed by atoms with E-state index in [0.29, 0.717) is 5.56 Å². The van der Waals surface area contributed by atoms with Crippen molar-refractivity contribution in [3.63, 3.8) is 0 Å². The topological polar surface area (TPSA) is 38.3 Å². The minimum atomic E-state index is -2.94. The first kappa shape index (κ1) is 14.0. The van der Waals surface area contributed by atoms with Crippen LogP contribution in [0, 0.1) is 0 Å². The summed E-state index contributed by atoms with van der Waals surface area (Å²) < 4.78 is 29.6. The van der Waals surface area contributed by atoms with Crippen molar-refractivity contribution >= 4 is 38.9 Å². The molecule has 0 fully saturated rings. The van der Waals surface area contributed by atoms with E-state index in [1.54, 1.807) is 23.6 Å². The first-order chi connectivity index (χ1) is 9.06. The summed E-state index contributed by atoms with van der Waals surface area (Å²) in [6.07, 6.45) is 0. The summed E-state index contributed by atoms with van der Waals surface area (Å²) in [7, 11) is 0. The number of ether oxygens (including phenoxy) is 1. The summed E-state index contributed by atoms with van der Waals surface area (Å²) in [5.41, 5.74) is 0.652. The van der Waals surface area contributed by atoms with Gasteiger partial charge < -0.3 is 10.1 Å². The number of carbonyl (C=O) groups is 1. The first-order valence-corrected chi connectivity index (χ1v) is 6.83. The average molecular weight is 348 g/mol. The van der Waals surface area contributed by atoms with Crippen LogP contribution in [0.1, 0.15) is 10.4 Å². The molecule has 0 spiro atoms. The van der Waals surface area contributed by atoms with Crippen LogP contribution in [0.5, 0.6) is 5.75 Å². The third kappa shape index (κ3) is 3.74. The van der Waals surface area contributed by atoms with Gasteiger partial charge >= 0.3 is 6.61 Å². The molecule has 1 amide bonds. The van der Waals surface area contributed by atoms with E-state index in [-0.39, 0.29) is 17.3 Å². The quantitative estimate of drug-likeness (QED) is 0.891. The Hall–Kier alpha value is -1.47. The lowest BCUT2D eigenvalue weighted by Crippen LogP contribution is -2.13. The molecule has 0 unspecified atom stereocenters. The summed E-state index contributed by atoms with van der Waals surface area (Å²) >= 11 is 4.61. The molecule has 0 aliphatic rings. The Balaban J connectivity index is 2.16. The highest BCUT2D eigenvalue weighted by molar-refractivity contribution is 9.11. The number of halogens is 3. The average Bonchev–Trinajstić information content (AvgIpc) is 2.78. The number of hydrogen-bond acceptors (Lipinski definition) is 3. The number of nitrogens with one attached hydrogen (secondary N) is 1. The van der Waals surface area contributed by atoms with Crippen LogP contribution in [0.15, 0.2) is 39.5 Å². The van der Waals surface area contributed by atoms with Gasteiger partial charge in [0.05, 0.1) is 15.0 Å². The Morgan fingerprint density at radius 2 is 2.11 bits per heavy atom. The zero-order valence-corrected chi connectivity index (χ0v) is 11.8. The van der Waals surface area contributed by atoms with Gasteiger partial charge in [0.15, 0.2) is 0 Å². The number of hydrogen-bond donors (Lipinski definition) is 1. The van der Waals surface area contributed by atoms with Crippen LogP contribution < -0.4 is 10.1 Å². The Bertz CT molecular complexity index is 589. The highest BCUT2D eigenvalue weighted by atomic mass is 79.9. The van der Waals surface area contributed by atoms with E-state index in [4.69, 9.17) is 0 Å². The molecule has 1 N–H and O–H groups in total. The number of alkyl halides is 2. The van der Waals surface area contributed by atoms with Gasteiger partial charge in [-0.25, -0.2) is 0 Å². The molecule has 7 heteroatoms. The number of benzene rings is 1. The molecule has 2 aromatic rings. The second-order valence-electron chi connectivity index (χ2n) is 3.47. The number of para-hydroxylation sites is 2. The van der Waals surface area contributed by atoms with E-state index in [0.717, 1.165) is 3.79 Å². The van der Waals surface area contributed by atoms with Crippen LogP contribution in [0.4, 0.5) is 14.5 Å². The molecular formula is C12H8BrF2NO2S. The zero-order valence-electron chi connectivity index (χ0n) is 9.40. The number of amides is 1. The Kier molecular flexibility index (Phi) is 4.49. The molecular weight excluding hydrogens is 340 g/mol. The monoisotopic (exact) mass is 347 g/mol. The van der Waals surface area contributed by atoms with Crippen LogP contribution in [0.2, 0.25) is 0 Å². The molecule has 2 rings (SSSR count). The van der Waals surface area contributed by atoms with Crippen molar-refractivity contribution < 1.29 is 18.3 Å². The number of thiophene rings is 1. The molecule has 0 bridgehead atoms. The molecule has 19 heavy (non-hydrogen) atoms. The van der Waals surface area contributed by atoms with Crippen LogP contribution in [-0.4, -0.2) is 12.5 Å². The summed E-state index contributed by atoms with van der Waals surface area (Å²) in [4.78, 5) is 11.9. The lowest BCUT2D eigenvalue weighted by molar-refractivity contribution is -0.0493. The van der Waals surface area contributed by atoms with Gasteiger partial charge in [-0.15, -0.1) is 11.3 Å². The molecule has 0 radical (unpaired) electrons. The Labute approximate surface area is 120 Å². The van der Waals surface area contributed by atoms with Gasteiger partial charge in [0.25, 0.3) is 5.91 Å². The van der Waals surface area contributed by atoms with Crippen LogP contribution >= 0.6 is 27.3 Å². The number of carbonyl (C=O) groups excluding carboxylic acids is 1. The summed E-state index contributed by atoms with van der Waals surface area (Å²) in [6.45, 7) is -2.94. The Morgan fingerprint density at radius 1 is 1.37 bits per heavy atom. The maximum absolute atomic E-state index is 12.2. The molecule has 1 aromatic carbocycles. The van der Waals surface area contributed by atoms with Crippen molar-refractivity contribution in [1.82, 2.24) is 0 Å². The molecule has 0 aliphatic heterocycles. The van der Waals surface area contributed by atoms with Gasteiger partial charge in [0, 0.05) is 5.38 Å². The lowest BCUT2D eigenvalue weighted by Gasteiger charge is -2.10. The molecule has 100 valence electrons. The normalized spacial score (nSPS) is 10.5. The fourth-order valence-corrected chi connectivity index (χ4v) is 2.53. The molecule has 0 saturated carbocycles. The van der Waals surface area contributed by atoms with Crippen molar-refractivity contribution in [2.24, 2.45) is 0 Å². The van der Waals surface area contributed by atoms with Crippen molar-refractivity contribution in [3.8, 4) is 5.75 Å². The smallest absolute Gasteiger partial charge is 0.387 e. The molecule has 3 nitrogen and oxygen atoms in total. The third-order valence-electron chi connectivity index (χ3n) is 2.18. The second kappa shape index (κ2) is 6.12. The van der Waals surface area contributed by atoms with E-state index in [2.05, 4.69) is 26.0 Å². The van der Waals surface area contributed by atoms with E-state index in [9.17, 15) is 13.6 Å². The number of anilines is 1. The summed E-state index contributed by atoms with van der Waals surface area (Å²) in [5, 5.41) is 4.20. The first-order valence-electron chi connectivity index (χ1n) is 5.15. The van der Waals surface area contributed by atoms with E-state index < -0.39 is 6.61 Å². The molecule has 0 saturated heterocycles. The lowest BCUT2D eigenvalue weighted by atomic mass is 10.2. The van der Waals surface area contributed by atoms with Crippen molar-refractivity contribution in [2.75, 3.05) is 5.32 Å². The van der Waals surface area contributed by atoms with Crippen molar-refractivity contribution in [3.05, 3.63) is 45.1 Å². The maximum atomic E-state index is 12.2. The van der Waals surface area contributed by atoms with Crippen LogP contribution in [0.25, 0.3) is 0 Å². The van der Waals surface area contributed by atoms with Crippen LogP contribution in [-0.2, 0) is 0 Å². The minimum Gasteiger partial charge on any atom is -0.433 e. The SMILES string of the molecule is O=C(Nc1ccccc1OC(F)F)c1csc(Br)c1. The van der Waals surface area contributed by atoms with E-state index >= 15 is 0 Å². The van der Waals surface area contributed by atoms with Crippen molar-refractivity contribution in [2.45, 2.75) is 6.61 Å². The standard InChI is InChI=1S/C12H8BrF2NO2S/c13-10-5-7(6-19-10)11(17)16-8-3-1-2-4-9(8)18-12(14)15/h1-6,12H,(H,16,17). The van der Waals surface area contributed by atoms with E-state index in [1.807, 2.05) is 0 Å². The highest BCUT2D eigenvalue weighted by Gasteiger charge is 2.13. The highest BCUT2D eigenvalue weighted by Crippen LogP contribution is 2.27. The molecule has 0 aliphatic carbocycles. The minimum absolute atomic E-state index is 0.0693. The molecule has 1 heterocycles. The van der Waals surface area contributed by atoms with Gasteiger partial charge in [-0.1, -0.05) is 12.1 Å². The van der Waals surface area contributed by atoms with E-state index in [1.165, 1.54) is 23.5 Å². The third-order valence-corrected chi connectivity index (χ3v) is 3.69. The van der Waals surface area contributed by atoms with Gasteiger partial charge in [0.1, 0.15) is 5.75 Å². The zero-order chi connectivity index (χ0) is 13.8. The summed E-state index contributed by atoms with van der Waals surface area (Å²) in [6, 6.07) is 7.69. The van der Waals surface area contributed by atoms with Crippen LogP contribution in [0.3, 0.4) is 0 Å². The van der Waals surface area contributed by atoms with Gasteiger partial charge in [-0.05, 0) is 34.1 Å². The van der Waals surface area contributed by atoms with Gasteiger partial charge in [-0.2, -0.15) is 8.78 Å². The second-order valence-corrected chi connectivity index (χ2v) is 5.76. The maximum Gasteiger partial charge on any atom is 0.387 e. The van der Waals surface area contributed by atoms with Crippen molar-refractivity contribution in [1.29, 1.82) is 0 Å². The fourth-order valence-electron chi connectivity index (χ4n) is 1.39. The summed E-state index contributed by atoms with van der Waals surface area (Å²) in [5.74, 6) is -0.451. The van der Waals surface area contributed by atoms with Gasteiger partial charge in [0.2, 0.25) is 0 Å². The fraction of sp³-hybridized carbons (Fsp3) is 0.0833. The Morgan fingerprint density at radius 3 is 2.74 bits per heavy atom. The molecule has 0 atom stereocenters. The predicted octanol–water partition coefficient (Wildman–Crippen LogP) is 4.36. The van der Waals surface area contributed by atoms with Gasteiger partial charge in [-0.3, -0.25) is 4.79 Å². The number of rotatable bonds is 4. The largest absolute Gasteiger partial charge is 0.433 e.